The third-order valence-electron chi connectivity index (χ3n) is 2.45. The third kappa shape index (κ3) is 1.73. The summed E-state index contributed by atoms with van der Waals surface area (Å²) >= 11 is 1.65. The molecule has 2 rings (SSSR count). The van der Waals surface area contributed by atoms with Crippen molar-refractivity contribution in [1.29, 1.82) is 0 Å². The van der Waals surface area contributed by atoms with Crippen molar-refractivity contribution in [3.8, 4) is 0 Å². The number of hydrogen-bond acceptors (Lipinski definition) is 3. The van der Waals surface area contributed by atoms with Gasteiger partial charge in [-0.3, -0.25) is 0 Å². The fourth-order valence-electron chi connectivity index (χ4n) is 1.82. The summed E-state index contributed by atoms with van der Waals surface area (Å²) in [4.78, 5) is 12.9. The number of esters is 1. The molecular formula is C12H15NO2S. The largest absolute Gasteiger partial charge is 0.461 e. The Morgan fingerprint density at radius 2 is 2.31 bits per heavy atom. The van der Waals surface area contributed by atoms with Gasteiger partial charge in [-0.25, -0.2) is 4.79 Å². The van der Waals surface area contributed by atoms with Crippen LogP contribution in [0.1, 0.15) is 37.3 Å². The molecule has 0 saturated heterocycles. The Balaban J connectivity index is 2.55. The highest BCUT2D eigenvalue weighted by molar-refractivity contribution is 7.16. The van der Waals surface area contributed by atoms with Gasteiger partial charge in [-0.2, -0.15) is 0 Å². The molecule has 0 atom stereocenters. The van der Waals surface area contributed by atoms with Gasteiger partial charge in [0.2, 0.25) is 0 Å². The number of thiophene rings is 1. The lowest BCUT2D eigenvalue weighted by atomic mass is 10.3. The first-order valence-electron chi connectivity index (χ1n) is 5.40. The molecule has 0 aliphatic carbocycles. The van der Waals surface area contributed by atoms with Crippen molar-refractivity contribution < 1.29 is 9.53 Å². The molecule has 0 radical (unpaired) electrons. The van der Waals surface area contributed by atoms with E-state index in [0.717, 1.165) is 10.2 Å². The molecule has 0 amide bonds. The van der Waals surface area contributed by atoms with E-state index < -0.39 is 0 Å². The predicted molar refractivity (Wildman–Crippen MR) is 66.2 cm³/mol. The number of rotatable bonds is 3. The van der Waals surface area contributed by atoms with Crippen LogP contribution in [-0.2, 0) is 4.74 Å². The Hall–Kier alpha value is -1.29. The minimum absolute atomic E-state index is 0.236. The van der Waals surface area contributed by atoms with Crippen molar-refractivity contribution in [3.63, 3.8) is 0 Å². The van der Waals surface area contributed by atoms with E-state index in [1.807, 2.05) is 29.0 Å². The lowest BCUT2D eigenvalue weighted by molar-refractivity contribution is 0.0513. The summed E-state index contributed by atoms with van der Waals surface area (Å²) < 4.78 is 7.10. The van der Waals surface area contributed by atoms with Gasteiger partial charge < -0.3 is 9.30 Å². The van der Waals surface area contributed by atoms with Gasteiger partial charge in [0.05, 0.1) is 6.61 Å². The van der Waals surface area contributed by atoms with Gasteiger partial charge in [0.25, 0.3) is 0 Å². The Morgan fingerprint density at radius 3 is 2.94 bits per heavy atom. The number of nitrogens with zero attached hydrogens (tertiary/aromatic N) is 1. The molecule has 0 N–H and O–H groups in total. The molecule has 0 unspecified atom stereocenters. The lowest BCUT2D eigenvalue weighted by Gasteiger charge is -2.12. The van der Waals surface area contributed by atoms with Crippen LogP contribution in [0.3, 0.4) is 0 Å². The van der Waals surface area contributed by atoms with E-state index in [2.05, 4.69) is 13.8 Å². The van der Waals surface area contributed by atoms with Crippen LogP contribution in [0, 0.1) is 0 Å². The van der Waals surface area contributed by atoms with E-state index in [1.165, 1.54) is 0 Å². The Bertz CT molecular complexity index is 510. The summed E-state index contributed by atoms with van der Waals surface area (Å²) in [5, 5.41) is 3.15. The fraction of sp³-hybridized carbons (Fsp3) is 0.417. The minimum Gasteiger partial charge on any atom is -0.461 e. The minimum atomic E-state index is -0.236. The molecule has 0 fully saturated rings. The van der Waals surface area contributed by atoms with Crippen molar-refractivity contribution >= 4 is 27.5 Å². The van der Waals surface area contributed by atoms with E-state index in [9.17, 15) is 4.79 Å². The van der Waals surface area contributed by atoms with Crippen LogP contribution in [0.5, 0.6) is 0 Å². The van der Waals surface area contributed by atoms with Gasteiger partial charge in [0.15, 0.2) is 0 Å². The Morgan fingerprint density at radius 1 is 1.56 bits per heavy atom. The maximum absolute atomic E-state index is 11.8. The summed E-state index contributed by atoms with van der Waals surface area (Å²) in [6.45, 7) is 6.38. The second-order valence-electron chi connectivity index (χ2n) is 3.89. The second-order valence-corrected chi connectivity index (χ2v) is 4.79. The van der Waals surface area contributed by atoms with Gasteiger partial charge in [0.1, 0.15) is 10.5 Å². The second kappa shape index (κ2) is 4.29. The van der Waals surface area contributed by atoms with Gasteiger partial charge in [-0.15, -0.1) is 11.3 Å². The number of aromatic nitrogens is 1. The highest BCUT2D eigenvalue weighted by Gasteiger charge is 2.18. The molecule has 16 heavy (non-hydrogen) atoms. The number of hydrogen-bond donors (Lipinski definition) is 0. The van der Waals surface area contributed by atoms with Gasteiger partial charge >= 0.3 is 5.97 Å². The molecule has 0 aliphatic rings. The van der Waals surface area contributed by atoms with Crippen molar-refractivity contribution in [2.24, 2.45) is 0 Å². The number of fused-ring (bicyclic) bond motifs is 1. The summed E-state index contributed by atoms with van der Waals surface area (Å²) in [5.41, 5.74) is 0.652. The molecule has 86 valence electrons. The molecule has 2 aromatic rings. The van der Waals surface area contributed by atoms with Crippen LogP contribution in [0.15, 0.2) is 17.5 Å². The fourth-order valence-corrected chi connectivity index (χ4v) is 2.85. The number of ether oxygens (including phenoxy) is 1. The van der Waals surface area contributed by atoms with Gasteiger partial charge in [-0.05, 0) is 38.3 Å². The maximum Gasteiger partial charge on any atom is 0.355 e. The highest BCUT2D eigenvalue weighted by Crippen LogP contribution is 2.28. The molecule has 3 nitrogen and oxygen atoms in total. The molecule has 0 aromatic carbocycles. The van der Waals surface area contributed by atoms with Crippen molar-refractivity contribution in [2.45, 2.75) is 26.8 Å². The average molecular weight is 237 g/mol. The third-order valence-corrected chi connectivity index (χ3v) is 3.37. The SMILES string of the molecule is CCOC(=O)c1cc2ccsc2n1C(C)C. The van der Waals surface area contributed by atoms with Crippen molar-refractivity contribution in [2.75, 3.05) is 6.61 Å². The van der Waals surface area contributed by atoms with Crippen LogP contribution < -0.4 is 0 Å². The Labute approximate surface area is 98.6 Å². The molecule has 0 spiro atoms. The molecule has 0 aliphatic heterocycles. The average Bonchev–Trinajstić information content (AvgIpc) is 2.74. The van der Waals surface area contributed by atoms with Crippen LogP contribution in [0.4, 0.5) is 0 Å². The van der Waals surface area contributed by atoms with Crippen LogP contribution in [0.25, 0.3) is 10.2 Å². The van der Waals surface area contributed by atoms with Crippen molar-refractivity contribution in [1.82, 2.24) is 4.57 Å². The zero-order chi connectivity index (χ0) is 11.7. The standard InChI is InChI=1S/C12H15NO2S/c1-4-15-12(14)10-7-9-5-6-16-11(9)13(10)8(2)3/h5-8H,4H2,1-3H3. The first-order chi connectivity index (χ1) is 7.65. The van der Waals surface area contributed by atoms with Gasteiger partial charge in [0, 0.05) is 11.4 Å². The first-order valence-corrected chi connectivity index (χ1v) is 6.28. The summed E-state index contributed by atoms with van der Waals surface area (Å²) in [5.74, 6) is -0.236. The molecule has 2 aromatic heterocycles. The predicted octanol–water partition coefficient (Wildman–Crippen LogP) is 3.46. The van der Waals surface area contributed by atoms with E-state index >= 15 is 0 Å². The zero-order valence-electron chi connectivity index (χ0n) is 9.69. The summed E-state index contributed by atoms with van der Waals surface area (Å²) in [6.07, 6.45) is 0. The highest BCUT2D eigenvalue weighted by atomic mass is 32.1. The van der Waals surface area contributed by atoms with E-state index in [4.69, 9.17) is 4.74 Å². The molecule has 0 bridgehead atoms. The summed E-state index contributed by atoms with van der Waals surface area (Å²) in [6, 6.07) is 4.20. The molecule has 4 heteroatoms. The monoisotopic (exact) mass is 237 g/mol. The number of carbonyl (C=O) groups excluding carboxylic acids is 1. The van der Waals surface area contributed by atoms with E-state index in [1.54, 1.807) is 11.3 Å². The van der Waals surface area contributed by atoms with Gasteiger partial charge in [-0.1, -0.05) is 0 Å². The smallest absolute Gasteiger partial charge is 0.355 e. The quantitative estimate of drug-likeness (QED) is 0.765. The molecular weight excluding hydrogens is 222 g/mol. The maximum atomic E-state index is 11.8. The summed E-state index contributed by atoms with van der Waals surface area (Å²) in [7, 11) is 0. The lowest BCUT2D eigenvalue weighted by Crippen LogP contribution is -2.13. The Kier molecular flexibility index (Phi) is 3.01. The van der Waals surface area contributed by atoms with Crippen molar-refractivity contribution in [3.05, 3.63) is 23.2 Å². The topological polar surface area (TPSA) is 31.2 Å². The zero-order valence-corrected chi connectivity index (χ0v) is 10.5. The van der Waals surface area contributed by atoms with E-state index in [-0.39, 0.29) is 12.0 Å². The van der Waals surface area contributed by atoms with Crippen LogP contribution in [-0.4, -0.2) is 17.1 Å². The number of carbonyl (C=O) groups is 1. The van der Waals surface area contributed by atoms with E-state index in [0.29, 0.717) is 12.3 Å². The van der Waals surface area contributed by atoms with Crippen LogP contribution >= 0.6 is 11.3 Å². The molecule has 2 heterocycles. The first kappa shape index (κ1) is 11.2. The normalized spacial score (nSPS) is 11.2. The van der Waals surface area contributed by atoms with Crippen LogP contribution in [0.2, 0.25) is 0 Å². The molecule has 0 saturated carbocycles.